The molecule has 1 saturated heterocycles. The number of hydrogen-bond acceptors (Lipinski definition) is 3. The molecule has 0 aromatic rings. The molecule has 1 rings (SSSR count). The molecule has 1 unspecified atom stereocenters. The van der Waals surface area contributed by atoms with Crippen molar-refractivity contribution in [2.24, 2.45) is 5.73 Å². The third-order valence-corrected chi connectivity index (χ3v) is 2.04. The first-order valence-electron chi connectivity index (χ1n) is 4.17. The Labute approximate surface area is 75.7 Å². The molecule has 2 amide bonds. The molecule has 1 aliphatic heterocycles. The lowest BCUT2D eigenvalue weighted by Crippen LogP contribution is -2.55. The maximum Gasteiger partial charge on any atom is 0.326 e. The van der Waals surface area contributed by atoms with Gasteiger partial charge in [0.2, 0.25) is 0 Å². The number of carbonyl (C=O) groups excluding carboxylic acids is 1. The van der Waals surface area contributed by atoms with E-state index >= 15 is 0 Å². The summed E-state index contributed by atoms with van der Waals surface area (Å²) < 4.78 is 0. The Balaban J connectivity index is 2.56. The van der Waals surface area contributed by atoms with E-state index in [2.05, 4.69) is 5.43 Å². The first-order chi connectivity index (χ1) is 6.11. The molecular formula is C7H13N3O3. The van der Waals surface area contributed by atoms with Gasteiger partial charge in [0, 0.05) is 6.54 Å². The minimum Gasteiger partial charge on any atom is -0.480 e. The quantitative estimate of drug-likeness (QED) is 0.543. The average molecular weight is 187 g/mol. The largest absolute Gasteiger partial charge is 0.480 e. The maximum absolute atomic E-state index is 10.7. The predicted molar refractivity (Wildman–Crippen MR) is 44.7 cm³/mol. The molecule has 74 valence electrons. The highest BCUT2D eigenvalue weighted by Gasteiger charge is 2.28. The van der Waals surface area contributed by atoms with Crippen LogP contribution in [-0.2, 0) is 4.79 Å². The van der Waals surface area contributed by atoms with Gasteiger partial charge in [-0.15, -0.1) is 0 Å². The molecular weight excluding hydrogens is 174 g/mol. The SMILES string of the molecule is NC(=O)NN1CCCCC1C(=O)O. The van der Waals surface area contributed by atoms with Gasteiger partial charge in [0.1, 0.15) is 6.04 Å². The lowest BCUT2D eigenvalue weighted by Gasteiger charge is -2.31. The van der Waals surface area contributed by atoms with Gasteiger partial charge in [-0.3, -0.25) is 10.2 Å². The number of piperidine rings is 1. The van der Waals surface area contributed by atoms with Crippen LogP contribution in [0.15, 0.2) is 0 Å². The molecule has 6 heteroatoms. The normalized spacial score (nSPS) is 23.8. The summed E-state index contributed by atoms with van der Waals surface area (Å²) in [6, 6.07) is -1.35. The molecule has 0 aliphatic carbocycles. The van der Waals surface area contributed by atoms with E-state index in [9.17, 15) is 9.59 Å². The second-order valence-electron chi connectivity index (χ2n) is 3.02. The number of nitrogens with zero attached hydrogens (tertiary/aromatic N) is 1. The summed E-state index contributed by atoms with van der Waals surface area (Å²) in [6.45, 7) is 0.542. The Morgan fingerprint density at radius 3 is 2.69 bits per heavy atom. The van der Waals surface area contributed by atoms with Crippen LogP contribution >= 0.6 is 0 Å². The number of carboxylic acid groups (broad SMARTS) is 1. The van der Waals surface area contributed by atoms with Crippen LogP contribution < -0.4 is 11.2 Å². The predicted octanol–water partition coefficient (Wildman–Crippen LogP) is -0.491. The molecule has 0 spiro atoms. The number of urea groups is 1. The van der Waals surface area contributed by atoms with Crippen LogP contribution in [0.4, 0.5) is 4.79 Å². The molecule has 0 bridgehead atoms. The number of primary amides is 1. The Morgan fingerprint density at radius 2 is 2.15 bits per heavy atom. The van der Waals surface area contributed by atoms with Gasteiger partial charge >= 0.3 is 12.0 Å². The zero-order chi connectivity index (χ0) is 9.84. The standard InChI is InChI=1S/C7H13N3O3/c8-7(13)9-10-4-2-1-3-5(10)6(11)12/h5H,1-4H2,(H,11,12)(H3,8,9,13). The molecule has 1 atom stereocenters. The van der Waals surface area contributed by atoms with Gasteiger partial charge < -0.3 is 10.8 Å². The van der Waals surface area contributed by atoms with Crippen molar-refractivity contribution in [3.63, 3.8) is 0 Å². The summed E-state index contributed by atoms with van der Waals surface area (Å²) in [5.41, 5.74) is 7.21. The second kappa shape index (κ2) is 4.08. The van der Waals surface area contributed by atoms with Gasteiger partial charge in [0.15, 0.2) is 0 Å². The van der Waals surface area contributed by atoms with Crippen LogP contribution in [0.2, 0.25) is 0 Å². The summed E-state index contributed by atoms with van der Waals surface area (Å²) in [5.74, 6) is -0.923. The van der Waals surface area contributed by atoms with E-state index in [0.29, 0.717) is 13.0 Å². The summed E-state index contributed by atoms with van der Waals surface area (Å²) in [6.07, 6.45) is 2.30. The van der Waals surface area contributed by atoms with Gasteiger partial charge in [-0.1, -0.05) is 0 Å². The number of carboxylic acids is 1. The van der Waals surface area contributed by atoms with Crippen LogP contribution in [0.3, 0.4) is 0 Å². The zero-order valence-electron chi connectivity index (χ0n) is 7.19. The van der Waals surface area contributed by atoms with Crippen molar-refractivity contribution < 1.29 is 14.7 Å². The van der Waals surface area contributed by atoms with Crippen LogP contribution in [0.1, 0.15) is 19.3 Å². The molecule has 1 aliphatic rings. The lowest BCUT2D eigenvalue weighted by molar-refractivity contribution is -0.145. The topological polar surface area (TPSA) is 95.7 Å². The Kier molecular flexibility index (Phi) is 3.07. The number of carbonyl (C=O) groups is 2. The molecule has 6 nitrogen and oxygen atoms in total. The van der Waals surface area contributed by atoms with Gasteiger partial charge in [0.25, 0.3) is 0 Å². The Hall–Kier alpha value is -1.30. The average Bonchev–Trinajstić information content (AvgIpc) is 2.03. The molecule has 4 N–H and O–H groups in total. The fourth-order valence-electron chi connectivity index (χ4n) is 1.46. The van der Waals surface area contributed by atoms with Crippen molar-refractivity contribution in [2.75, 3.05) is 6.54 Å². The first kappa shape index (κ1) is 9.79. The van der Waals surface area contributed by atoms with Gasteiger partial charge in [-0.05, 0) is 19.3 Å². The molecule has 13 heavy (non-hydrogen) atoms. The molecule has 0 radical (unpaired) electrons. The van der Waals surface area contributed by atoms with Crippen LogP contribution in [0.25, 0.3) is 0 Å². The lowest BCUT2D eigenvalue weighted by atomic mass is 10.0. The number of nitrogens with two attached hydrogens (primary N) is 1. The molecule has 1 heterocycles. The van der Waals surface area contributed by atoms with E-state index in [4.69, 9.17) is 10.8 Å². The number of nitrogens with one attached hydrogen (secondary N) is 1. The fourth-order valence-corrected chi connectivity index (χ4v) is 1.46. The maximum atomic E-state index is 10.7. The van der Waals surface area contributed by atoms with Crippen LogP contribution in [0, 0.1) is 0 Å². The molecule has 1 fully saturated rings. The van der Waals surface area contributed by atoms with Gasteiger partial charge in [-0.25, -0.2) is 9.80 Å². The summed E-state index contributed by atoms with van der Waals surface area (Å²) in [5, 5.41) is 10.2. The van der Waals surface area contributed by atoms with Crippen molar-refractivity contribution in [1.82, 2.24) is 10.4 Å². The first-order valence-corrected chi connectivity index (χ1v) is 4.17. The molecule has 0 aromatic heterocycles. The van der Waals surface area contributed by atoms with Crippen molar-refractivity contribution in [1.29, 1.82) is 0 Å². The van der Waals surface area contributed by atoms with Gasteiger partial charge in [0.05, 0.1) is 0 Å². The van der Waals surface area contributed by atoms with Gasteiger partial charge in [-0.2, -0.15) is 0 Å². The summed E-state index contributed by atoms with van der Waals surface area (Å²) >= 11 is 0. The third-order valence-electron chi connectivity index (χ3n) is 2.04. The monoisotopic (exact) mass is 187 g/mol. The minimum absolute atomic E-state index is 0.542. The van der Waals surface area contributed by atoms with E-state index in [-0.39, 0.29) is 0 Å². The summed E-state index contributed by atoms with van der Waals surface area (Å²) in [7, 11) is 0. The smallest absolute Gasteiger partial charge is 0.326 e. The van der Waals surface area contributed by atoms with Crippen molar-refractivity contribution in [2.45, 2.75) is 25.3 Å². The van der Waals surface area contributed by atoms with Crippen molar-refractivity contribution in [3.05, 3.63) is 0 Å². The minimum atomic E-state index is -0.923. The van der Waals surface area contributed by atoms with E-state index < -0.39 is 18.0 Å². The molecule has 0 aromatic carbocycles. The number of aliphatic carboxylic acids is 1. The fraction of sp³-hybridized carbons (Fsp3) is 0.714. The summed E-state index contributed by atoms with van der Waals surface area (Å²) in [4.78, 5) is 21.2. The zero-order valence-corrected chi connectivity index (χ0v) is 7.19. The number of rotatable bonds is 2. The van der Waals surface area contributed by atoms with E-state index in [1.807, 2.05) is 0 Å². The highest BCUT2D eigenvalue weighted by atomic mass is 16.4. The number of amides is 2. The highest BCUT2D eigenvalue weighted by molar-refractivity contribution is 5.75. The van der Waals surface area contributed by atoms with E-state index in [1.165, 1.54) is 5.01 Å². The number of hydrogen-bond donors (Lipinski definition) is 3. The number of hydrazine groups is 1. The Morgan fingerprint density at radius 1 is 1.46 bits per heavy atom. The van der Waals surface area contributed by atoms with Crippen molar-refractivity contribution in [3.8, 4) is 0 Å². The Bertz CT molecular complexity index is 219. The van der Waals surface area contributed by atoms with E-state index in [0.717, 1.165) is 12.8 Å². The van der Waals surface area contributed by atoms with E-state index in [1.54, 1.807) is 0 Å². The molecule has 0 saturated carbocycles. The second-order valence-corrected chi connectivity index (χ2v) is 3.02. The van der Waals surface area contributed by atoms with Crippen LogP contribution in [-0.4, -0.2) is 34.7 Å². The third kappa shape index (κ3) is 2.59. The highest BCUT2D eigenvalue weighted by Crippen LogP contribution is 2.14. The van der Waals surface area contributed by atoms with Crippen LogP contribution in [0.5, 0.6) is 0 Å². The van der Waals surface area contributed by atoms with Crippen molar-refractivity contribution >= 4 is 12.0 Å².